The Morgan fingerprint density at radius 3 is 2.47 bits per heavy atom. The number of hydrogen-bond acceptors (Lipinski definition) is 3. The molecule has 0 saturated heterocycles. The molecule has 0 radical (unpaired) electrons. The summed E-state index contributed by atoms with van der Waals surface area (Å²) in [5.74, 6) is -2.70. The van der Waals surface area contributed by atoms with Crippen LogP contribution in [0, 0.1) is 17.5 Å². The van der Waals surface area contributed by atoms with Crippen LogP contribution in [0.4, 0.5) is 18.9 Å². The van der Waals surface area contributed by atoms with Crippen molar-refractivity contribution in [1.82, 2.24) is 4.98 Å². The molecule has 0 spiro atoms. The molecule has 0 atom stereocenters. The van der Waals surface area contributed by atoms with Crippen LogP contribution in [0.2, 0.25) is 0 Å². The standard InChI is InChI=1S/C11H7F3N2O/c12-6-1-2-10(9(15)4-6)17-11-8(14)3-7(13)5-16-11/h1-5H,15H2. The quantitative estimate of drug-likeness (QED) is 0.821. The SMILES string of the molecule is Nc1cc(F)ccc1Oc1ncc(F)cc1F. The van der Waals surface area contributed by atoms with E-state index in [1.165, 1.54) is 6.07 Å². The summed E-state index contributed by atoms with van der Waals surface area (Å²) in [7, 11) is 0. The molecule has 0 bridgehead atoms. The van der Waals surface area contributed by atoms with Gasteiger partial charge >= 0.3 is 0 Å². The first kappa shape index (κ1) is 11.3. The Morgan fingerprint density at radius 2 is 1.82 bits per heavy atom. The number of hydrogen-bond donors (Lipinski definition) is 1. The van der Waals surface area contributed by atoms with Gasteiger partial charge in [-0.1, -0.05) is 0 Å². The Bertz CT molecular complexity index is 511. The molecule has 1 aromatic carbocycles. The summed E-state index contributed by atoms with van der Waals surface area (Å²) in [4.78, 5) is 3.42. The lowest BCUT2D eigenvalue weighted by molar-refractivity contribution is 0.417. The van der Waals surface area contributed by atoms with E-state index in [0.717, 1.165) is 18.3 Å². The summed E-state index contributed by atoms with van der Waals surface area (Å²) in [6.07, 6.45) is 0.804. The van der Waals surface area contributed by atoms with Crippen molar-refractivity contribution in [3.8, 4) is 11.6 Å². The Hall–Kier alpha value is -2.24. The van der Waals surface area contributed by atoms with E-state index in [1.54, 1.807) is 0 Å². The van der Waals surface area contributed by atoms with E-state index in [4.69, 9.17) is 10.5 Å². The fraction of sp³-hybridized carbons (Fsp3) is 0. The van der Waals surface area contributed by atoms with Crippen LogP contribution in [0.3, 0.4) is 0 Å². The summed E-state index contributed by atoms with van der Waals surface area (Å²) in [6.45, 7) is 0. The third-order valence-electron chi connectivity index (χ3n) is 1.95. The second-order valence-corrected chi connectivity index (χ2v) is 3.22. The molecule has 0 aliphatic rings. The smallest absolute Gasteiger partial charge is 0.256 e. The Kier molecular flexibility index (Phi) is 2.86. The van der Waals surface area contributed by atoms with Gasteiger partial charge in [-0.05, 0) is 12.1 Å². The largest absolute Gasteiger partial charge is 0.434 e. The van der Waals surface area contributed by atoms with Gasteiger partial charge in [-0.25, -0.2) is 18.2 Å². The molecule has 2 N–H and O–H groups in total. The molecule has 0 aliphatic heterocycles. The van der Waals surface area contributed by atoms with Gasteiger partial charge in [0.25, 0.3) is 5.88 Å². The van der Waals surface area contributed by atoms with Crippen molar-refractivity contribution in [2.24, 2.45) is 0 Å². The highest BCUT2D eigenvalue weighted by atomic mass is 19.1. The van der Waals surface area contributed by atoms with Gasteiger partial charge in [-0.2, -0.15) is 0 Å². The van der Waals surface area contributed by atoms with Crippen LogP contribution >= 0.6 is 0 Å². The van der Waals surface area contributed by atoms with Crippen LogP contribution in [0.5, 0.6) is 11.6 Å². The minimum atomic E-state index is -0.964. The van der Waals surface area contributed by atoms with Gasteiger partial charge in [0.15, 0.2) is 11.6 Å². The number of benzene rings is 1. The Balaban J connectivity index is 2.31. The van der Waals surface area contributed by atoms with Crippen LogP contribution in [-0.2, 0) is 0 Å². The Morgan fingerprint density at radius 1 is 1.06 bits per heavy atom. The van der Waals surface area contributed by atoms with E-state index in [0.29, 0.717) is 6.07 Å². The topological polar surface area (TPSA) is 48.1 Å². The molecule has 1 heterocycles. The zero-order valence-electron chi connectivity index (χ0n) is 8.45. The fourth-order valence-electron chi connectivity index (χ4n) is 1.19. The van der Waals surface area contributed by atoms with Crippen LogP contribution in [0.25, 0.3) is 0 Å². The predicted octanol–water partition coefficient (Wildman–Crippen LogP) is 2.87. The van der Waals surface area contributed by atoms with E-state index in [1.807, 2.05) is 0 Å². The van der Waals surface area contributed by atoms with Crippen LogP contribution in [-0.4, -0.2) is 4.98 Å². The first-order valence-corrected chi connectivity index (χ1v) is 4.60. The third-order valence-corrected chi connectivity index (χ3v) is 1.95. The minimum absolute atomic E-state index is 0.00414. The number of rotatable bonds is 2. The number of nitrogens with two attached hydrogens (primary N) is 1. The summed E-state index contributed by atoms with van der Waals surface area (Å²) in [5, 5.41) is 0. The van der Waals surface area contributed by atoms with Crippen LogP contribution < -0.4 is 10.5 Å². The van der Waals surface area contributed by atoms with E-state index in [9.17, 15) is 13.2 Å². The fourth-order valence-corrected chi connectivity index (χ4v) is 1.19. The van der Waals surface area contributed by atoms with E-state index in [2.05, 4.69) is 4.98 Å². The second kappa shape index (κ2) is 4.32. The van der Waals surface area contributed by atoms with Gasteiger partial charge < -0.3 is 10.5 Å². The normalized spacial score (nSPS) is 10.3. The molecule has 0 fully saturated rings. The molecular weight excluding hydrogens is 233 g/mol. The van der Waals surface area contributed by atoms with Crippen LogP contribution in [0.1, 0.15) is 0 Å². The zero-order valence-corrected chi connectivity index (χ0v) is 8.45. The van der Waals surface area contributed by atoms with Gasteiger partial charge in [0.05, 0.1) is 11.9 Å². The van der Waals surface area contributed by atoms with E-state index >= 15 is 0 Å². The lowest BCUT2D eigenvalue weighted by Crippen LogP contribution is -1.97. The number of pyridine rings is 1. The van der Waals surface area contributed by atoms with Crippen molar-refractivity contribution < 1.29 is 17.9 Å². The molecule has 0 unspecified atom stereocenters. The second-order valence-electron chi connectivity index (χ2n) is 3.22. The molecule has 6 heteroatoms. The predicted molar refractivity (Wildman–Crippen MR) is 55.0 cm³/mol. The van der Waals surface area contributed by atoms with Gasteiger partial charge in [0.1, 0.15) is 11.6 Å². The monoisotopic (exact) mass is 240 g/mol. The first-order valence-electron chi connectivity index (χ1n) is 4.60. The number of ether oxygens (including phenoxy) is 1. The summed E-state index contributed by atoms with van der Waals surface area (Å²) in [5.41, 5.74) is 5.46. The maximum Gasteiger partial charge on any atom is 0.256 e. The Labute approximate surface area is 94.7 Å². The van der Waals surface area contributed by atoms with Gasteiger partial charge in [-0.3, -0.25) is 0 Å². The number of halogens is 3. The summed E-state index contributed by atoms with van der Waals surface area (Å²) < 4.78 is 43.5. The summed E-state index contributed by atoms with van der Waals surface area (Å²) >= 11 is 0. The molecule has 0 aliphatic carbocycles. The molecule has 1 aromatic heterocycles. The third kappa shape index (κ3) is 2.47. The number of nitrogens with zero attached hydrogens (tertiary/aromatic N) is 1. The summed E-state index contributed by atoms with van der Waals surface area (Å²) in [6, 6.07) is 3.99. The molecule has 3 nitrogen and oxygen atoms in total. The first-order chi connectivity index (χ1) is 8.06. The van der Waals surface area contributed by atoms with Gasteiger partial charge in [-0.15, -0.1) is 0 Å². The van der Waals surface area contributed by atoms with E-state index < -0.39 is 23.3 Å². The maximum atomic E-state index is 13.2. The van der Waals surface area contributed by atoms with Crippen LogP contribution in [0.15, 0.2) is 30.5 Å². The number of nitrogen functional groups attached to an aromatic ring is 1. The molecule has 88 valence electrons. The van der Waals surface area contributed by atoms with Crippen molar-refractivity contribution in [2.75, 3.05) is 5.73 Å². The molecular formula is C11H7F3N2O. The molecule has 0 amide bonds. The molecule has 2 rings (SSSR count). The van der Waals surface area contributed by atoms with Crippen molar-refractivity contribution in [1.29, 1.82) is 0 Å². The highest BCUT2D eigenvalue weighted by Crippen LogP contribution is 2.28. The highest BCUT2D eigenvalue weighted by Gasteiger charge is 2.10. The lowest BCUT2D eigenvalue weighted by Gasteiger charge is -2.07. The van der Waals surface area contributed by atoms with Crippen molar-refractivity contribution >= 4 is 5.69 Å². The average Bonchev–Trinajstić information content (AvgIpc) is 2.25. The minimum Gasteiger partial charge on any atom is -0.434 e. The number of anilines is 1. The van der Waals surface area contributed by atoms with E-state index in [-0.39, 0.29) is 11.4 Å². The zero-order chi connectivity index (χ0) is 12.4. The van der Waals surface area contributed by atoms with Crippen molar-refractivity contribution in [3.05, 3.63) is 47.9 Å². The molecule has 17 heavy (non-hydrogen) atoms. The number of aromatic nitrogens is 1. The van der Waals surface area contributed by atoms with Gasteiger partial charge in [0.2, 0.25) is 0 Å². The maximum absolute atomic E-state index is 13.2. The lowest BCUT2D eigenvalue weighted by atomic mass is 10.3. The molecule has 0 saturated carbocycles. The average molecular weight is 240 g/mol. The molecule has 2 aromatic rings. The van der Waals surface area contributed by atoms with Crippen molar-refractivity contribution in [2.45, 2.75) is 0 Å². The highest BCUT2D eigenvalue weighted by molar-refractivity contribution is 5.53. The van der Waals surface area contributed by atoms with Crippen molar-refractivity contribution in [3.63, 3.8) is 0 Å². The van der Waals surface area contributed by atoms with Gasteiger partial charge in [0, 0.05) is 12.1 Å².